The molecule has 50 heavy (non-hydrogen) atoms. The van der Waals surface area contributed by atoms with E-state index in [-0.39, 0.29) is 0 Å². The number of fused-ring (bicyclic) bond motifs is 7. The second kappa shape index (κ2) is 11.4. The number of aromatic nitrogens is 4. The normalized spacial score (nSPS) is 11.6. The highest BCUT2D eigenvalue weighted by Gasteiger charge is 2.19. The lowest BCUT2D eigenvalue weighted by atomic mass is 9.94. The summed E-state index contributed by atoms with van der Waals surface area (Å²) in [7, 11) is 0. The van der Waals surface area contributed by atoms with Crippen LogP contribution in [0.1, 0.15) is 0 Å². The van der Waals surface area contributed by atoms with Crippen LogP contribution in [0.2, 0.25) is 0 Å². The summed E-state index contributed by atoms with van der Waals surface area (Å²) in [6.45, 7) is 0. The molecule has 10 rings (SSSR count). The minimum atomic E-state index is 0.496. The molecule has 0 saturated heterocycles. The highest BCUT2D eigenvalue weighted by atomic mass is 16.4. The lowest BCUT2D eigenvalue weighted by Crippen LogP contribution is -1.94. The molecule has 0 aliphatic heterocycles. The predicted molar refractivity (Wildman–Crippen MR) is 203 cm³/mol. The molecule has 3 aromatic heterocycles. The predicted octanol–water partition coefficient (Wildman–Crippen LogP) is 11.5. The van der Waals surface area contributed by atoms with Crippen molar-refractivity contribution in [1.29, 1.82) is 0 Å². The number of rotatable bonds is 5. The molecular weight excluding hydrogens is 613 g/mol. The topological polar surface area (TPSA) is 56.7 Å². The summed E-state index contributed by atoms with van der Waals surface area (Å²) in [5, 5.41) is 14.5. The third-order valence-corrected chi connectivity index (χ3v) is 9.56. The third kappa shape index (κ3) is 4.52. The zero-order valence-electron chi connectivity index (χ0n) is 26.9. The van der Waals surface area contributed by atoms with Gasteiger partial charge in [0.05, 0.1) is 22.2 Å². The summed E-state index contributed by atoms with van der Waals surface area (Å²) in [4.78, 5) is 5.31. The van der Waals surface area contributed by atoms with Gasteiger partial charge in [-0.25, -0.2) is 4.98 Å². The summed E-state index contributed by atoms with van der Waals surface area (Å²) in [5.41, 5.74) is 10.5. The molecule has 0 saturated carbocycles. The van der Waals surface area contributed by atoms with E-state index in [1.165, 1.54) is 27.2 Å². The Morgan fingerprint density at radius 1 is 0.400 bits per heavy atom. The van der Waals surface area contributed by atoms with Crippen molar-refractivity contribution in [2.24, 2.45) is 0 Å². The van der Waals surface area contributed by atoms with Gasteiger partial charge >= 0.3 is 0 Å². The highest BCUT2D eigenvalue weighted by molar-refractivity contribution is 6.29. The van der Waals surface area contributed by atoms with E-state index >= 15 is 0 Å². The van der Waals surface area contributed by atoms with Gasteiger partial charge in [-0.1, -0.05) is 109 Å². The first kappa shape index (κ1) is 28.2. The minimum absolute atomic E-state index is 0.496. The maximum Gasteiger partial charge on any atom is 0.248 e. The monoisotopic (exact) mass is 640 g/mol. The number of hydrogen-bond donors (Lipinski definition) is 0. The van der Waals surface area contributed by atoms with E-state index in [1.54, 1.807) is 0 Å². The molecule has 0 fully saturated rings. The molecule has 0 unspecified atom stereocenters. The van der Waals surface area contributed by atoms with E-state index in [0.29, 0.717) is 11.8 Å². The van der Waals surface area contributed by atoms with Crippen LogP contribution in [0.25, 0.3) is 94.5 Å². The number of pyridine rings is 1. The van der Waals surface area contributed by atoms with Crippen LogP contribution in [0.15, 0.2) is 174 Å². The van der Waals surface area contributed by atoms with E-state index in [9.17, 15) is 0 Å². The van der Waals surface area contributed by atoms with Gasteiger partial charge in [0.1, 0.15) is 0 Å². The van der Waals surface area contributed by atoms with Crippen molar-refractivity contribution in [2.45, 2.75) is 0 Å². The van der Waals surface area contributed by atoms with Crippen LogP contribution in [0.3, 0.4) is 0 Å². The van der Waals surface area contributed by atoms with Gasteiger partial charge in [-0.2, -0.15) is 0 Å². The number of nitrogens with zero attached hydrogens (tertiary/aromatic N) is 4. The van der Waals surface area contributed by atoms with E-state index < -0.39 is 0 Å². The molecule has 7 aromatic carbocycles. The first-order valence-corrected chi connectivity index (χ1v) is 16.7. The zero-order chi connectivity index (χ0) is 33.0. The first-order valence-electron chi connectivity index (χ1n) is 16.7. The van der Waals surface area contributed by atoms with Gasteiger partial charge < -0.3 is 8.98 Å². The molecule has 5 nitrogen and oxygen atoms in total. The van der Waals surface area contributed by atoms with Crippen molar-refractivity contribution in [3.63, 3.8) is 0 Å². The Morgan fingerprint density at radius 3 is 1.82 bits per heavy atom. The average molecular weight is 641 g/mol. The Balaban J connectivity index is 1.12. The summed E-state index contributed by atoms with van der Waals surface area (Å²) < 4.78 is 8.38. The van der Waals surface area contributed by atoms with Crippen molar-refractivity contribution >= 4 is 43.5 Å². The van der Waals surface area contributed by atoms with Crippen LogP contribution < -0.4 is 0 Å². The van der Waals surface area contributed by atoms with Crippen LogP contribution >= 0.6 is 0 Å². The molecule has 0 amide bonds. The van der Waals surface area contributed by atoms with Crippen molar-refractivity contribution < 1.29 is 4.42 Å². The summed E-state index contributed by atoms with van der Waals surface area (Å²) >= 11 is 0. The average Bonchev–Trinajstić information content (AvgIpc) is 3.82. The van der Waals surface area contributed by atoms with Gasteiger partial charge in [0.15, 0.2) is 0 Å². The summed E-state index contributed by atoms with van der Waals surface area (Å²) in [6.07, 6.45) is 0. The van der Waals surface area contributed by atoms with E-state index in [1.807, 2.05) is 42.5 Å². The number of para-hydroxylation sites is 3. The Labute approximate surface area is 287 Å². The quantitative estimate of drug-likeness (QED) is 0.176. The van der Waals surface area contributed by atoms with Gasteiger partial charge in [0.2, 0.25) is 11.8 Å². The number of hydrogen-bond acceptors (Lipinski definition) is 4. The van der Waals surface area contributed by atoms with Crippen LogP contribution in [-0.4, -0.2) is 19.7 Å². The maximum atomic E-state index is 6.01. The van der Waals surface area contributed by atoms with Gasteiger partial charge in [0, 0.05) is 49.3 Å². The lowest BCUT2D eigenvalue weighted by molar-refractivity contribution is 0.584. The van der Waals surface area contributed by atoms with Crippen LogP contribution in [-0.2, 0) is 0 Å². The smallest absolute Gasteiger partial charge is 0.248 e. The fourth-order valence-corrected chi connectivity index (χ4v) is 7.26. The van der Waals surface area contributed by atoms with Gasteiger partial charge in [-0.15, -0.1) is 10.2 Å². The highest BCUT2D eigenvalue weighted by Crippen LogP contribution is 2.42. The minimum Gasteiger partial charge on any atom is -0.416 e. The number of benzene rings is 7. The molecule has 0 aliphatic carbocycles. The molecule has 0 spiro atoms. The Morgan fingerprint density at radius 2 is 1.02 bits per heavy atom. The SMILES string of the molecule is c1ccc(-c2nnc(-c3ccc(-c4cccc(-c5nc6ccccc6c6c5ccc5c6c6ccccc6n5-c5ccccc5)c4)cc3)o2)cc1. The molecule has 0 N–H and O–H groups in total. The standard InChI is InChI=1S/C45H28N4O/c1-3-12-30(13-4-1)44-47-48-45(50-44)31-24-22-29(23-25-31)32-14-11-15-33(28-32)43-37-26-27-40-42(41(37)35-18-7-9-20-38(35)46-43)36-19-8-10-21-39(36)49(40)34-16-5-2-6-17-34/h1-28H. The summed E-state index contributed by atoms with van der Waals surface area (Å²) in [5.74, 6) is 1.00. The Kier molecular flexibility index (Phi) is 6.42. The third-order valence-electron chi connectivity index (χ3n) is 9.56. The van der Waals surface area contributed by atoms with Crippen molar-refractivity contribution in [1.82, 2.24) is 19.7 Å². The van der Waals surface area contributed by atoms with Gasteiger partial charge in [-0.3, -0.25) is 0 Å². The second-order valence-electron chi connectivity index (χ2n) is 12.5. The molecule has 0 radical (unpaired) electrons. The Bertz CT molecular complexity index is 2850. The van der Waals surface area contributed by atoms with E-state index in [0.717, 1.165) is 55.5 Å². The van der Waals surface area contributed by atoms with Crippen molar-refractivity contribution in [2.75, 3.05) is 0 Å². The van der Waals surface area contributed by atoms with Gasteiger partial charge in [-0.05, 0) is 71.8 Å². The fraction of sp³-hybridized carbons (Fsp3) is 0. The Hall–Kier alpha value is -6.85. The van der Waals surface area contributed by atoms with Crippen LogP contribution in [0.4, 0.5) is 0 Å². The van der Waals surface area contributed by atoms with E-state index in [2.05, 4.69) is 142 Å². The van der Waals surface area contributed by atoms with Crippen LogP contribution in [0, 0.1) is 0 Å². The molecule has 0 bridgehead atoms. The largest absolute Gasteiger partial charge is 0.416 e. The summed E-state index contributed by atoms with van der Waals surface area (Å²) in [6, 6.07) is 59.1. The molecule has 3 heterocycles. The maximum absolute atomic E-state index is 6.01. The molecule has 0 atom stereocenters. The van der Waals surface area contributed by atoms with Gasteiger partial charge in [0.25, 0.3) is 0 Å². The fourth-order valence-electron chi connectivity index (χ4n) is 7.26. The lowest BCUT2D eigenvalue weighted by Gasteiger charge is -2.13. The van der Waals surface area contributed by atoms with Crippen molar-refractivity contribution in [3.8, 4) is 51.0 Å². The van der Waals surface area contributed by atoms with E-state index in [4.69, 9.17) is 9.40 Å². The first-order chi connectivity index (χ1) is 24.8. The molecule has 5 heteroatoms. The zero-order valence-corrected chi connectivity index (χ0v) is 26.9. The van der Waals surface area contributed by atoms with Crippen molar-refractivity contribution in [3.05, 3.63) is 170 Å². The molecular formula is C45H28N4O. The molecule has 234 valence electrons. The second-order valence-corrected chi connectivity index (χ2v) is 12.5. The molecule has 0 aliphatic rings. The molecule has 10 aromatic rings. The van der Waals surface area contributed by atoms with Crippen LogP contribution in [0.5, 0.6) is 0 Å².